The van der Waals surface area contributed by atoms with E-state index in [1.165, 1.54) is 51.6 Å². The van der Waals surface area contributed by atoms with Crippen molar-refractivity contribution in [2.24, 2.45) is 10.8 Å². The molecule has 0 aromatic carbocycles. The van der Waals surface area contributed by atoms with E-state index in [1.54, 1.807) is 0 Å². The molecule has 0 saturated heterocycles. The van der Waals surface area contributed by atoms with Gasteiger partial charge in [0, 0.05) is 18.1 Å². The van der Waals surface area contributed by atoms with Gasteiger partial charge in [-0.2, -0.15) is 0 Å². The Kier molecular flexibility index (Phi) is 10.3. The summed E-state index contributed by atoms with van der Waals surface area (Å²) >= 11 is 0. The molecule has 2 heteroatoms. The fourth-order valence-corrected chi connectivity index (χ4v) is 4.31. The SMILES string of the molecule is CCCCN(C)C(CC)CC(C)(CC)CN(C)C(C)(C)CC(C)(C)C. The average Bonchev–Trinajstić information content (AvgIpc) is 2.47. The van der Waals surface area contributed by atoms with Gasteiger partial charge in [-0.25, -0.2) is 0 Å². The van der Waals surface area contributed by atoms with Gasteiger partial charge in [0.1, 0.15) is 0 Å². The van der Waals surface area contributed by atoms with Crippen molar-refractivity contribution in [1.29, 1.82) is 0 Å². The Morgan fingerprint density at radius 3 is 1.84 bits per heavy atom. The number of nitrogens with zero attached hydrogens (tertiary/aromatic N) is 2. The zero-order valence-corrected chi connectivity index (χ0v) is 19.6. The molecule has 0 aromatic heterocycles. The fraction of sp³-hybridized carbons (Fsp3) is 1.00. The molecule has 2 nitrogen and oxygen atoms in total. The van der Waals surface area contributed by atoms with Crippen LogP contribution in [0.4, 0.5) is 0 Å². The summed E-state index contributed by atoms with van der Waals surface area (Å²) in [5.41, 5.74) is 0.988. The third kappa shape index (κ3) is 9.43. The second kappa shape index (κ2) is 10.3. The molecule has 0 N–H and O–H groups in total. The summed E-state index contributed by atoms with van der Waals surface area (Å²) in [5.74, 6) is 0. The van der Waals surface area contributed by atoms with Gasteiger partial charge in [-0.15, -0.1) is 0 Å². The molecule has 2 unspecified atom stereocenters. The summed E-state index contributed by atoms with van der Waals surface area (Å²) in [7, 11) is 4.66. The van der Waals surface area contributed by atoms with Gasteiger partial charge in [0.25, 0.3) is 0 Å². The molecule has 0 rings (SSSR count). The van der Waals surface area contributed by atoms with Crippen LogP contribution in [0.15, 0.2) is 0 Å². The third-order valence-electron chi connectivity index (χ3n) is 6.16. The summed E-state index contributed by atoms with van der Waals surface area (Å²) < 4.78 is 0. The standard InChI is InChI=1S/C23H50N2/c1-12-15-16-24(10)20(13-2)17-23(9,14-3)19-25(11)22(7,8)18-21(4,5)6/h20H,12-19H2,1-11H3. The molecule has 2 atom stereocenters. The van der Waals surface area contributed by atoms with Gasteiger partial charge in [0.05, 0.1) is 0 Å². The van der Waals surface area contributed by atoms with Crippen molar-refractivity contribution in [1.82, 2.24) is 9.80 Å². The van der Waals surface area contributed by atoms with Crippen LogP contribution in [0.2, 0.25) is 0 Å². The van der Waals surface area contributed by atoms with Gasteiger partial charge in [-0.1, -0.05) is 54.9 Å². The van der Waals surface area contributed by atoms with E-state index in [0.717, 1.165) is 0 Å². The normalized spacial score (nSPS) is 17.2. The lowest BCUT2D eigenvalue weighted by Gasteiger charge is -2.46. The molecule has 0 radical (unpaired) electrons. The largest absolute Gasteiger partial charge is 0.303 e. The molecule has 0 heterocycles. The second-order valence-corrected chi connectivity index (χ2v) is 10.7. The fourth-order valence-electron chi connectivity index (χ4n) is 4.31. The van der Waals surface area contributed by atoms with Gasteiger partial charge in [0.2, 0.25) is 0 Å². The highest BCUT2D eigenvalue weighted by Gasteiger charge is 2.35. The van der Waals surface area contributed by atoms with E-state index in [9.17, 15) is 0 Å². The van der Waals surface area contributed by atoms with Gasteiger partial charge in [-0.05, 0) is 77.4 Å². The predicted molar refractivity (Wildman–Crippen MR) is 115 cm³/mol. The molecule has 0 fully saturated rings. The van der Waals surface area contributed by atoms with Crippen molar-refractivity contribution in [3.05, 3.63) is 0 Å². The Morgan fingerprint density at radius 2 is 1.44 bits per heavy atom. The Labute approximate surface area is 160 Å². The summed E-state index contributed by atoms with van der Waals surface area (Å²) in [6.45, 7) is 23.9. The van der Waals surface area contributed by atoms with Crippen LogP contribution < -0.4 is 0 Å². The zero-order valence-electron chi connectivity index (χ0n) is 19.6. The van der Waals surface area contributed by atoms with E-state index >= 15 is 0 Å². The van der Waals surface area contributed by atoms with E-state index in [-0.39, 0.29) is 5.54 Å². The Morgan fingerprint density at radius 1 is 0.880 bits per heavy atom. The van der Waals surface area contributed by atoms with E-state index in [0.29, 0.717) is 16.9 Å². The first-order valence-corrected chi connectivity index (χ1v) is 10.7. The van der Waals surface area contributed by atoms with Gasteiger partial charge in [-0.3, -0.25) is 0 Å². The average molecular weight is 355 g/mol. The minimum atomic E-state index is 0.241. The number of hydrogen-bond acceptors (Lipinski definition) is 2. The maximum absolute atomic E-state index is 2.63. The van der Waals surface area contributed by atoms with Crippen LogP contribution in [-0.4, -0.2) is 48.6 Å². The first-order chi connectivity index (χ1) is 11.3. The van der Waals surface area contributed by atoms with Crippen LogP contribution >= 0.6 is 0 Å². The molecule has 25 heavy (non-hydrogen) atoms. The van der Waals surface area contributed by atoms with Crippen LogP contribution in [-0.2, 0) is 0 Å². The van der Waals surface area contributed by atoms with Gasteiger partial charge >= 0.3 is 0 Å². The van der Waals surface area contributed by atoms with Crippen molar-refractivity contribution < 1.29 is 0 Å². The highest BCUT2D eigenvalue weighted by molar-refractivity contribution is 4.90. The molecule has 0 aliphatic rings. The number of rotatable bonds is 12. The predicted octanol–water partition coefficient (Wildman–Crippen LogP) is 6.45. The van der Waals surface area contributed by atoms with E-state index < -0.39 is 0 Å². The molecular formula is C23H50N2. The second-order valence-electron chi connectivity index (χ2n) is 10.7. The van der Waals surface area contributed by atoms with Gasteiger partial charge < -0.3 is 9.80 Å². The minimum Gasteiger partial charge on any atom is -0.303 e. The summed E-state index contributed by atoms with van der Waals surface area (Å²) in [6.07, 6.45) is 7.63. The van der Waals surface area contributed by atoms with E-state index in [2.05, 4.69) is 86.2 Å². The van der Waals surface area contributed by atoms with Gasteiger partial charge in [0.15, 0.2) is 0 Å². The molecule has 0 amide bonds. The molecule has 0 aliphatic carbocycles. The van der Waals surface area contributed by atoms with Crippen molar-refractivity contribution in [3.8, 4) is 0 Å². The number of unbranched alkanes of at least 4 members (excludes halogenated alkanes) is 1. The minimum absolute atomic E-state index is 0.241. The monoisotopic (exact) mass is 354 g/mol. The third-order valence-corrected chi connectivity index (χ3v) is 6.16. The first kappa shape index (κ1) is 24.9. The molecule has 0 spiro atoms. The topological polar surface area (TPSA) is 6.48 Å². The summed E-state index contributed by atoms with van der Waals surface area (Å²) in [6, 6.07) is 0.704. The lowest BCUT2D eigenvalue weighted by molar-refractivity contribution is 0.0420. The van der Waals surface area contributed by atoms with E-state index in [1.807, 2.05) is 0 Å². The lowest BCUT2D eigenvalue weighted by atomic mass is 9.76. The Hall–Kier alpha value is -0.0800. The van der Waals surface area contributed by atoms with Crippen molar-refractivity contribution in [2.75, 3.05) is 27.2 Å². The van der Waals surface area contributed by atoms with Crippen molar-refractivity contribution in [2.45, 2.75) is 112 Å². The zero-order chi connectivity index (χ0) is 19.9. The maximum Gasteiger partial charge on any atom is 0.0155 e. The van der Waals surface area contributed by atoms with E-state index in [4.69, 9.17) is 0 Å². The van der Waals surface area contributed by atoms with Crippen LogP contribution in [0.3, 0.4) is 0 Å². The van der Waals surface area contributed by atoms with Crippen LogP contribution in [0.5, 0.6) is 0 Å². The van der Waals surface area contributed by atoms with Crippen LogP contribution in [0.25, 0.3) is 0 Å². The van der Waals surface area contributed by atoms with Crippen molar-refractivity contribution >= 4 is 0 Å². The Bertz CT molecular complexity index is 356. The molecule has 0 bridgehead atoms. The molecule has 152 valence electrons. The maximum atomic E-state index is 2.63. The van der Waals surface area contributed by atoms with Crippen LogP contribution in [0, 0.1) is 10.8 Å². The lowest BCUT2D eigenvalue weighted by Crippen LogP contribution is -2.49. The quantitative estimate of drug-likeness (QED) is 0.397. The molecule has 0 aliphatic heterocycles. The molecule has 0 aromatic rings. The Balaban J connectivity index is 5.01. The number of hydrogen-bond donors (Lipinski definition) is 0. The summed E-state index contributed by atoms with van der Waals surface area (Å²) in [4.78, 5) is 5.23. The van der Waals surface area contributed by atoms with Crippen LogP contribution in [0.1, 0.15) is 101 Å². The first-order valence-electron chi connectivity index (χ1n) is 10.7. The highest BCUT2D eigenvalue weighted by Crippen LogP contribution is 2.36. The van der Waals surface area contributed by atoms with Crippen molar-refractivity contribution in [3.63, 3.8) is 0 Å². The highest BCUT2D eigenvalue weighted by atomic mass is 15.2. The smallest absolute Gasteiger partial charge is 0.0155 e. The molecular weight excluding hydrogens is 304 g/mol. The molecule has 0 saturated carbocycles. The summed E-state index contributed by atoms with van der Waals surface area (Å²) in [5, 5.41) is 0.